The molecule has 21 heavy (non-hydrogen) atoms. The molecule has 1 amide bonds. The molecule has 0 unspecified atom stereocenters. The number of amides is 1. The first-order valence-electron chi connectivity index (χ1n) is 6.49. The van der Waals surface area contributed by atoms with E-state index in [0.717, 1.165) is 21.3 Å². The van der Waals surface area contributed by atoms with Crippen molar-refractivity contribution in [3.63, 3.8) is 0 Å². The Hall–Kier alpha value is -2.13. The number of oxazole rings is 1. The second kappa shape index (κ2) is 5.34. The molecule has 0 aliphatic carbocycles. The van der Waals surface area contributed by atoms with Crippen molar-refractivity contribution in [2.45, 2.75) is 26.4 Å². The molecule has 0 radical (unpaired) electrons. The molecule has 1 aromatic carbocycles. The number of aromatic nitrogens is 1. The van der Waals surface area contributed by atoms with Gasteiger partial charge in [0.25, 0.3) is 0 Å². The largest absolute Gasteiger partial charge is 0.439 e. The minimum absolute atomic E-state index is 0.109. The predicted molar refractivity (Wildman–Crippen MR) is 78.9 cm³/mol. The van der Waals surface area contributed by atoms with Crippen LogP contribution < -0.4 is 0 Å². The summed E-state index contributed by atoms with van der Waals surface area (Å²) >= 11 is 3.49. The average molecular weight is 346 g/mol. The third-order valence-corrected chi connectivity index (χ3v) is 4.39. The maximum Gasteiger partial charge on any atom is 0.237 e. The molecule has 3 rings (SSSR count). The van der Waals surface area contributed by atoms with E-state index >= 15 is 0 Å². The summed E-state index contributed by atoms with van der Waals surface area (Å²) in [6.07, 6.45) is -0.109. The highest BCUT2D eigenvalue weighted by molar-refractivity contribution is 9.10. The quantitative estimate of drug-likeness (QED) is 0.838. The monoisotopic (exact) mass is 345 g/mol. The van der Waals surface area contributed by atoms with Crippen LogP contribution in [0, 0.1) is 18.3 Å². The summed E-state index contributed by atoms with van der Waals surface area (Å²) in [5, 5.41) is 8.57. The van der Waals surface area contributed by atoms with E-state index in [4.69, 9.17) is 9.68 Å². The summed E-state index contributed by atoms with van der Waals surface area (Å²) in [6.45, 7) is 2.79. The van der Waals surface area contributed by atoms with E-state index in [1.165, 1.54) is 0 Å². The second-order valence-corrected chi connectivity index (χ2v) is 5.74. The van der Waals surface area contributed by atoms with Gasteiger partial charge in [-0.1, -0.05) is 22.0 Å². The fourth-order valence-corrected chi connectivity index (χ4v) is 2.72. The zero-order chi connectivity index (χ0) is 15.0. The van der Waals surface area contributed by atoms with Crippen LogP contribution in [0.15, 0.2) is 27.1 Å². The molecule has 0 spiro atoms. The van der Waals surface area contributed by atoms with Crippen LogP contribution in [0.4, 0.5) is 0 Å². The molecule has 0 atom stereocenters. The Morgan fingerprint density at radius 1 is 1.52 bits per heavy atom. The van der Waals surface area contributed by atoms with Gasteiger partial charge in [-0.25, -0.2) is 4.98 Å². The number of hydrogen-bond donors (Lipinski definition) is 0. The summed E-state index contributed by atoms with van der Waals surface area (Å²) in [6, 6.07) is 7.73. The van der Waals surface area contributed by atoms with E-state index in [2.05, 4.69) is 20.9 Å². The van der Waals surface area contributed by atoms with Crippen LogP contribution in [0.2, 0.25) is 0 Å². The topological polar surface area (TPSA) is 70.1 Å². The lowest BCUT2D eigenvalue weighted by atomic mass is 10.1. The SMILES string of the molecule is Cc1c(Br)cccc1-c1nc2c(o1)CN(C(=O)CC#N)C2. The van der Waals surface area contributed by atoms with E-state index in [1.807, 2.05) is 31.2 Å². The highest BCUT2D eigenvalue weighted by atomic mass is 79.9. The van der Waals surface area contributed by atoms with Crippen molar-refractivity contribution < 1.29 is 9.21 Å². The summed E-state index contributed by atoms with van der Waals surface area (Å²) in [5.41, 5.74) is 2.78. The van der Waals surface area contributed by atoms with Gasteiger partial charge >= 0.3 is 0 Å². The van der Waals surface area contributed by atoms with Gasteiger partial charge in [0.1, 0.15) is 17.9 Å². The van der Waals surface area contributed by atoms with Crippen molar-refractivity contribution in [1.29, 1.82) is 5.26 Å². The highest BCUT2D eigenvalue weighted by Gasteiger charge is 2.29. The molecule has 1 aromatic heterocycles. The predicted octanol–water partition coefficient (Wildman–Crippen LogP) is 3.17. The molecule has 2 aromatic rings. The molecule has 1 aliphatic rings. The number of nitriles is 1. The van der Waals surface area contributed by atoms with Crippen LogP contribution in [0.25, 0.3) is 11.5 Å². The van der Waals surface area contributed by atoms with Crippen LogP contribution in [0.3, 0.4) is 0 Å². The normalized spacial score (nSPS) is 13.1. The van der Waals surface area contributed by atoms with Crippen LogP contribution in [-0.2, 0) is 17.9 Å². The van der Waals surface area contributed by atoms with Crippen molar-refractivity contribution in [2.75, 3.05) is 0 Å². The zero-order valence-electron chi connectivity index (χ0n) is 11.4. The fourth-order valence-electron chi connectivity index (χ4n) is 2.35. The van der Waals surface area contributed by atoms with Crippen LogP contribution in [-0.4, -0.2) is 15.8 Å². The molecule has 0 saturated carbocycles. The molecule has 0 fully saturated rings. The van der Waals surface area contributed by atoms with Gasteiger partial charge < -0.3 is 9.32 Å². The lowest BCUT2D eigenvalue weighted by molar-refractivity contribution is -0.130. The maximum atomic E-state index is 11.7. The van der Waals surface area contributed by atoms with Gasteiger partial charge in [0.2, 0.25) is 11.8 Å². The van der Waals surface area contributed by atoms with E-state index in [1.54, 1.807) is 4.90 Å². The number of carbonyl (C=O) groups excluding carboxylic acids is 1. The smallest absolute Gasteiger partial charge is 0.237 e. The summed E-state index contributed by atoms with van der Waals surface area (Å²) in [4.78, 5) is 17.8. The lowest BCUT2D eigenvalue weighted by Crippen LogP contribution is -2.24. The fraction of sp³-hybridized carbons (Fsp3) is 0.267. The van der Waals surface area contributed by atoms with Crippen LogP contribution >= 0.6 is 15.9 Å². The molecule has 106 valence electrons. The van der Waals surface area contributed by atoms with E-state index < -0.39 is 0 Å². The molecular formula is C15H12BrN3O2. The van der Waals surface area contributed by atoms with Gasteiger partial charge in [0.05, 0.1) is 19.2 Å². The van der Waals surface area contributed by atoms with E-state index in [0.29, 0.717) is 24.7 Å². The number of rotatable bonds is 2. The Bertz CT molecular complexity index is 737. The number of fused-ring (bicyclic) bond motifs is 1. The Labute approximate surface area is 130 Å². The second-order valence-electron chi connectivity index (χ2n) is 4.89. The summed E-state index contributed by atoms with van der Waals surface area (Å²) in [7, 11) is 0. The van der Waals surface area contributed by atoms with E-state index in [9.17, 15) is 4.79 Å². The zero-order valence-corrected chi connectivity index (χ0v) is 13.0. The first-order valence-corrected chi connectivity index (χ1v) is 7.28. The molecule has 0 N–H and O–H groups in total. The van der Waals surface area contributed by atoms with Crippen molar-refractivity contribution in [3.8, 4) is 17.5 Å². The summed E-state index contributed by atoms with van der Waals surface area (Å²) < 4.78 is 6.80. The van der Waals surface area contributed by atoms with Gasteiger partial charge in [-0.3, -0.25) is 4.79 Å². The molecule has 0 bridgehead atoms. The highest BCUT2D eigenvalue weighted by Crippen LogP contribution is 2.32. The van der Waals surface area contributed by atoms with Gasteiger partial charge in [-0.15, -0.1) is 0 Å². The van der Waals surface area contributed by atoms with Gasteiger partial charge in [-0.2, -0.15) is 5.26 Å². The number of benzene rings is 1. The Morgan fingerprint density at radius 2 is 2.33 bits per heavy atom. The number of carbonyl (C=O) groups is 1. The first kappa shape index (κ1) is 13.8. The van der Waals surface area contributed by atoms with Crippen molar-refractivity contribution in [2.24, 2.45) is 0 Å². The van der Waals surface area contributed by atoms with Gasteiger partial charge in [0.15, 0.2) is 0 Å². The van der Waals surface area contributed by atoms with Gasteiger partial charge in [0, 0.05) is 10.0 Å². The molecular weight excluding hydrogens is 334 g/mol. The Kier molecular flexibility index (Phi) is 3.52. The minimum atomic E-state index is -0.189. The number of hydrogen-bond acceptors (Lipinski definition) is 4. The average Bonchev–Trinajstić information content (AvgIpc) is 3.00. The Balaban J connectivity index is 1.86. The van der Waals surface area contributed by atoms with Crippen LogP contribution in [0.1, 0.15) is 23.4 Å². The summed E-state index contributed by atoms with van der Waals surface area (Å²) in [5.74, 6) is 1.09. The van der Waals surface area contributed by atoms with Gasteiger partial charge in [-0.05, 0) is 24.6 Å². The van der Waals surface area contributed by atoms with Crippen molar-refractivity contribution in [3.05, 3.63) is 39.7 Å². The van der Waals surface area contributed by atoms with Crippen molar-refractivity contribution >= 4 is 21.8 Å². The third-order valence-electron chi connectivity index (χ3n) is 3.53. The number of halogens is 1. The first-order chi connectivity index (χ1) is 10.1. The number of nitrogens with zero attached hydrogens (tertiary/aromatic N) is 3. The Morgan fingerprint density at radius 3 is 3.05 bits per heavy atom. The standard InChI is InChI=1S/C15H12BrN3O2/c1-9-10(3-2-4-11(9)16)15-18-12-7-19(8-13(12)21-15)14(20)5-6-17/h2-4H,5,7-8H2,1H3. The van der Waals surface area contributed by atoms with Crippen molar-refractivity contribution in [1.82, 2.24) is 9.88 Å². The molecule has 6 heteroatoms. The van der Waals surface area contributed by atoms with E-state index in [-0.39, 0.29) is 12.3 Å². The third kappa shape index (κ3) is 2.45. The molecule has 2 heterocycles. The molecule has 0 saturated heterocycles. The maximum absolute atomic E-state index is 11.7. The minimum Gasteiger partial charge on any atom is -0.439 e. The molecule has 5 nitrogen and oxygen atoms in total. The lowest BCUT2D eigenvalue weighted by Gasteiger charge is -2.12. The molecule has 1 aliphatic heterocycles. The van der Waals surface area contributed by atoms with Crippen LogP contribution in [0.5, 0.6) is 0 Å².